The molecule has 0 unspecified atom stereocenters. The maximum atomic E-state index is 11.5. The van der Waals surface area contributed by atoms with E-state index in [0.717, 1.165) is 30.6 Å². The van der Waals surface area contributed by atoms with Gasteiger partial charge in [0.15, 0.2) is 6.10 Å². The average molecular weight is 280 g/mol. The summed E-state index contributed by atoms with van der Waals surface area (Å²) >= 11 is 0. The Balaban J connectivity index is 2.42. The molecule has 1 N–H and O–H groups in total. The Labute approximate surface area is 120 Å². The van der Waals surface area contributed by atoms with Crippen LogP contribution < -0.4 is 4.74 Å². The fourth-order valence-corrected chi connectivity index (χ4v) is 1.66. The van der Waals surface area contributed by atoms with Crippen LogP contribution >= 0.6 is 0 Å². The van der Waals surface area contributed by atoms with Crippen molar-refractivity contribution in [2.45, 2.75) is 45.6 Å². The van der Waals surface area contributed by atoms with E-state index in [9.17, 15) is 9.90 Å². The first-order chi connectivity index (χ1) is 9.67. The molecule has 20 heavy (non-hydrogen) atoms. The van der Waals surface area contributed by atoms with Gasteiger partial charge < -0.3 is 14.6 Å². The lowest BCUT2D eigenvalue weighted by Crippen LogP contribution is -2.25. The molecule has 1 aromatic carbocycles. The number of ether oxygens (including phenoxy) is 2. The normalized spacial score (nSPS) is 11.9. The summed E-state index contributed by atoms with van der Waals surface area (Å²) in [6.45, 7) is 5.09. The molecule has 0 aromatic heterocycles. The van der Waals surface area contributed by atoms with Crippen molar-refractivity contribution in [2.75, 3.05) is 13.2 Å². The fourth-order valence-electron chi connectivity index (χ4n) is 1.66. The molecule has 0 radical (unpaired) electrons. The maximum absolute atomic E-state index is 11.5. The highest BCUT2D eigenvalue weighted by Gasteiger charge is 2.16. The highest BCUT2D eigenvalue weighted by molar-refractivity contribution is 5.74. The minimum absolute atomic E-state index is 0.262. The van der Waals surface area contributed by atoms with E-state index < -0.39 is 12.1 Å². The zero-order valence-corrected chi connectivity index (χ0v) is 12.3. The van der Waals surface area contributed by atoms with Crippen molar-refractivity contribution in [1.29, 1.82) is 0 Å². The molecule has 1 atom stereocenters. The minimum Gasteiger partial charge on any atom is -0.494 e. The second-order valence-corrected chi connectivity index (χ2v) is 4.73. The Morgan fingerprint density at radius 3 is 2.45 bits per heavy atom. The van der Waals surface area contributed by atoms with Gasteiger partial charge in [0.2, 0.25) is 0 Å². The van der Waals surface area contributed by atoms with Crippen LogP contribution in [0.15, 0.2) is 24.3 Å². The molecule has 0 spiro atoms. The maximum Gasteiger partial charge on any atom is 0.335 e. The molecule has 0 amide bonds. The van der Waals surface area contributed by atoms with Crippen molar-refractivity contribution < 1.29 is 19.4 Å². The lowest BCUT2D eigenvalue weighted by molar-refractivity contribution is -0.153. The van der Waals surface area contributed by atoms with E-state index in [-0.39, 0.29) is 6.42 Å². The van der Waals surface area contributed by atoms with Crippen LogP contribution in [0.25, 0.3) is 0 Å². The first kappa shape index (κ1) is 16.5. The van der Waals surface area contributed by atoms with Gasteiger partial charge >= 0.3 is 5.97 Å². The van der Waals surface area contributed by atoms with E-state index in [2.05, 4.69) is 6.92 Å². The summed E-state index contributed by atoms with van der Waals surface area (Å²) in [6, 6.07) is 7.43. The zero-order chi connectivity index (χ0) is 14.8. The van der Waals surface area contributed by atoms with Gasteiger partial charge in [0.05, 0.1) is 13.2 Å². The third-order valence-corrected chi connectivity index (χ3v) is 2.84. The number of carbonyl (C=O) groups excluding carboxylic acids is 1. The number of carbonyl (C=O) groups is 1. The van der Waals surface area contributed by atoms with Gasteiger partial charge in [-0.1, -0.05) is 32.4 Å². The molecule has 0 saturated carbocycles. The van der Waals surface area contributed by atoms with Crippen LogP contribution in [0.1, 0.15) is 38.7 Å². The number of unbranched alkanes of at least 4 members (excludes halogenated alkanes) is 1. The Kier molecular flexibility index (Phi) is 7.73. The van der Waals surface area contributed by atoms with Crippen molar-refractivity contribution in [2.24, 2.45) is 0 Å². The Morgan fingerprint density at radius 1 is 1.15 bits per heavy atom. The van der Waals surface area contributed by atoms with Gasteiger partial charge in [-0.3, -0.25) is 0 Å². The fraction of sp³-hybridized carbons (Fsp3) is 0.562. The van der Waals surface area contributed by atoms with E-state index in [1.54, 1.807) is 0 Å². The van der Waals surface area contributed by atoms with Gasteiger partial charge in [-0.05, 0) is 30.5 Å². The van der Waals surface area contributed by atoms with Crippen molar-refractivity contribution in [3.8, 4) is 5.75 Å². The predicted molar refractivity (Wildman–Crippen MR) is 77.8 cm³/mol. The predicted octanol–water partition coefficient (Wildman–Crippen LogP) is 2.72. The van der Waals surface area contributed by atoms with Crippen molar-refractivity contribution in [3.05, 3.63) is 29.8 Å². The molecular weight excluding hydrogens is 256 g/mol. The molecule has 0 heterocycles. The number of hydrogen-bond donors (Lipinski definition) is 1. The number of aliphatic hydroxyl groups is 1. The molecular formula is C16H24O4. The minimum atomic E-state index is -1.10. The number of aliphatic hydroxyl groups excluding tert-OH is 1. The van der Waals surface area contributed by atoms with Gasteiger partial charge in [0.25, 0.3) is 0 Å². The van der Waals surface area contributed by atoms with E-state index in [1.165, 1.54) is 0 Å². The summed E-state index contributed by atoms with van der Waals surface area (Å²) < 4.78 is 10.5. The number of hydrogen-bond acceptors (Lipinski definition) is 4. The quantitative estimate of drug-likeness (QED) is 0.558. The molecule has 1 aromatic rings. The van der Waals surface area contributed by atoms with Crippen LogP contribution in [-0.4, -0.2) is 30.4 Å². The summed E-state index contributed by atoms with van der Waals surface area (Å²) in [5.74, 6) is 0.250. The smallest absolute Gasteiger partial charge is 0.335 e. The largest absolute Gasteiger partial charge is 0.494 e. The third-order valence-electron chi connectivity index (χ3n) is 2.84. The molecule has 0 bridgehead atoms. The first-order valence-corrected chi connectivity index (χ1v) is 7.23. The third kappa shape index (κ3) is 6.06. The summed E-state index contributed by atoms with van der Waals surface area (Å²) in [4.78, 5) is 11.5. The van der Waals surface area contributed by atoms with E-state index >= 15 is 0 Å². The summed E-state index contributed by atoms with van der Waals surface area (Å²) in [6.07, 6.45) is 2.04. The summed E-state index contributed by atoms with van der Waals surface area (Å²) in [5.41, 5.74) is 0.883. The second kappa shape index (κ2) is 9.37. The standard InChI is InChI=1S/C16H24O4/c1-3-5-11-19-14-8-6-13(7-9-14)12-15(17)16(18)20-10-4-2/h6-9,15,17H,3-5,10-12H2,1-2H3/t15-/m0/s1. The summed E-state index contributed by atoms with van der Waals surface area (Å²) in [5, 5.41) is 9.73. The Bertz CT molecular complexity index is 386. The van der Waals surface area contributed by atoms with E-state index in [4.69, 9.17) is 9.47 Å². The molecule has 1 rings (SSSR count). The molecule has 0 fully saturated rings. The van der Waals surface area contributed by atoms with Crippen LogP contribution in [0.5, 0.6) is 5.75 Å². The Hall–Kier alpha value is -1.55. The lowest BCUT2D eigenvalue weighted by atomic mass is 10.1. The van der Waals surface area contributed by atoms with Gasteiger partial charge in [-0.2, -0.15) is 0 Å². The monoisotopic (exact) mass is 280 g/mol. The van der Waals surface area contributed by atoms with E-state index in [1.807, 2.05) is 31.2 Å². The van der Waals surface area contributed by atoms with Crippen LogP contribution in [-0.2, 0) is 16.0 Å². The summed E-state index contributed by atoms with van der Waals surface area (Å²) in [7, 11) is 0. The lowest BCUT2D eigenvalue weighted by Gasteiger charge is -2.11. The van der Waals surface area contributed by atoms with Crippen LogP contribution in [0.3, 0.4) is 0 Å². The van der Waals surface area contributed by atoms with Crippen molar-refractivity contribution in [3.63, 3.8) is 0 Å². The zero-order valence-electron chi connectivity index (χ0n) is 12.3. The number of esters is 1. The van der Waals surface area contributed by atoms with E-state index in [0.29, 0.717) is 13.2 Å². The highest BCUT2D eigenvalue weighted by Crippen LogP contribution is 2.14. The van der Waals surface area contributed by atoms with Crippen LogP contribution in [0.4, 0.5) is 0 Å². The topological polar surface area (TPSA) is 55.8 Å². The molecule has 112 valence electrons. The van der Waals surface area contributed by atoms with Crippen molar-refractivity contribution >= 4 is 5.97 Å². The second-order valence-electron chi connectivity index (χ2n) is 4.73. The molecule has 4 heteroatoms. The van der Waals surface area contributed by atoms with Gasteiger partial charge in [0.1, 0.15) is 5.75 Å². The van der Waals surface area contributed by atoms with Crippen LogP contribution in [0, 0.1) is 0 Å². The molecule has 0 saturated heterocycles. The number of benzene rings is 1. The molecule has 0 aliphatic heterocycles. The highest BCUT2D eigenvalue weighted by atomic mass is 16.5. The van der Waals surface area contributed by atoms with Crippen molar-refractivity contribution in [1.82, 2.24) is 0 Å². The molecule has 0 aliphatic rings. The SMILES string of the molecule is CCCCOc1ccc(C[C@H](O)C(=O)OCCC)cc1. The van der Waals surface area contributed by atoms with Gasteiger partial charge in [-0.25, -0.2) is 4.79 Å². The van der Waals surface area contributed by atoms with Crippen LogP contribution in [0.2, 0.25) is 0 Å². The number of rotatable bonds is 9. The van der Waals surface area contributed by atoms with Gasteiger partial charge in [-0.15, -0.1) is 0 Å². The molecule has 0 aliphatic carbocycles. The average Bonchev–Trinajstić information content (AvgIpc) is 2.46. The molecule has 4 nitrogen and oxygen atoms in total. The first-order valence-electron chi connectivity index (χ1n) is 7.23. The van der Waals surface area contributed by atoms with Gasteiger partial charge in [0, 0.05) is 6.42 Å². The Morgan fingerprint density at radius 2 is 1.85 bits per heavy atom.